The molecule has 0 radical (unpaired) electrons. The van der Waals surface area contributed by atoms with E-state index < -0.39 is 22.8 Å². The van der Waals surface area contributed by atoms with Crippen LogP contribution in [0.3, 0.4) is 0 Å². The molecule has 0 spiro atoms. The molecule has 1 saturated heterocycles. The van der Waals surface area contributed by atoms with Crippen LogP contribution in [0.15, 0.2) is 41.3 Å². The van der Waals surface area contributed by atoms with E-state index in [1.54, 1.807) is 23.1 Å². The highest BCUT2D eigenvalue weighted by molar-refractivity contribution is 6.01. The number of halogens is 1. The van der Waals surface area contributed by atoms with Crippen LogP contribution in [-0.2, 0) is 22.5 Å². The molecule has 1 aliphatic heterocycles. The molecule has 1 aromatic carbocycles. The van der Waals surface area contributed by atoms with Crippen LogP contribution in [0.4, 0.5) is 4.39 Å². The van der Waals surface area contributed by atoms with E-state index in [4.69, 9.17) is 4.74 Å². The molecule has 2 N–H and O–H groups in total. The second-order valence-electron chi connectivity index (χ2n) is 8.47. The zero-order valence-corrected chi connectivity index (χ0v) is 19.4. The monoisotopic (exact) mass is 482 g/mol. The van der Waals surface area contributed by atoms with Crippen LogP contribution < -0.4 is 10.9 Å². The quantitative estimate of drug-likeness (QED) is 0.474. The summed E-state index contributed by atoms with van der Waals surface area (Å²) in [6.07, 6.45) is 3.72. The summed E-state index contributed by atoms with van der Waals surface area (Å²) >= 11 is 0. The van der Waals surface area contributed by atoms with Gasteiger partial charge >= 0.3 is 0 Å². The lowest BCUT2D eigenvalue weighted by Gasteiger charge is -2.19. The third kappa shape index (κ3) is 5.32. The van der Waals surface area contributed by atoms with Gasteiger partial charge in [0, 0.05) is 32.9 Å². The normalized spacial score (nSPS) is 13.4. The van der Waals surface area contributed by atoms with E-state index in [9.17, 15) is 23.9 Å². The summed E-state index contributed by atoms with van der Waals surface area (Å²) in [6, 6.07) is 7.67. The Bertz CT molecular complexity index is 1300. The maximum atomic E-state index is 13.4. The summed E-state index contributed by atoms with van der Waals surface area (Å²) in [6.45, 7) is 1.31. The SMILES string of the molecule is COCCNC(=O)c1c(O)c2ncc(Cc3ccc(F)cc3)cc2n(CC(=O)N2CCCC2)c1=O. The van der Waals surface area contributed by atoms with Crippen molar-refractivity contribution in [3.8, 4) is 5.75 Å². The molecule has 3 heterocycles. The molecule has 0 saturated carbocycles. The van der Waals surface area contributed by atoms with Gasteiger partial charge in [-0.1, -0.05) is 12.1 Å². The van der Waals surface area contributed by atoms with E-state index in [2.05, 4.69) is 10.3 Å². The zero-order chi connectivity index (χ0) is 24.9. The third-order valence-corrected chi connectivity index (χ3v) is 6.03. The molecule has 1 aliphatic rings. The van der Waals surface area contributed by atoms with Gasteiger partial charge in [0.1, 0.15) is 23.4 Å². The Labute approximate surface area is 201 Å². The number of carbonyl (C=O) groups excluding carboxylic acids is 2. The Morgan fingerprint density at radius 3 is 2.57 bits per heavy atom. The number of rotatable bonds is 8. The first-order chi connectivity index (χ1) is 16.9. The minimum Gasteiger partial charge on any atom is -0.505 e. The smallest absolute Gasteiger partial charge is 0.268 e. The molecular weight excluding hydrogens is 455 g/mol. The molecule has 2 amide bonds. The van der Waals surface area contributed by atoms with Crippen LogP contribution in [0, 0.1) is 5.82 Å². The predicted octanol–water partition coefficient (Wildman–Crippen LogP) is 1.83. The number of aromatic nitrogens is 2. The second kappa shape index (κ2) is 10.6. The fourth-order valence-electron chi connectivity index (χ4n) is 4.20. The van der Waals surface area contributed by atoms with Gasteiger partial charge in [0.25, 0.3) is 11.5 Å². The Morgan fingerprint density at radius 1 is 1.17 bits per heavy atom. The largest absolute Gasteiger partial charge is 0.505 e. The van der Waals surface area contributed by atoms with Gasteiger partial charge in [0.05, 0.1) is 12.1 Å². The Balaban J connectivity index is 1.78. The molecule has 4 rings (SSSR count). The van der Waals surface area contributed by atoms with E-state index in [0.29, 0.717) is 25.1 Å². The summed E-state index contributed by atoms with van der Waals surface area (Å²) in [5.41, 5.74) is 0.557. The highest BCUT2D eigenvalue weighted by atomic mass is 19.1. The van der Waals surface area contributed by atoms with Crippen molar-refractivity contribution < 1.29 is 23.8 Å². The van der Waals surface area contributed by atoms with Gasteiger partial charge in [0.2, 0.25) is 5.91 Å². The average Bonchev–Trinajstić information content (AvgIpc) is 3.39. The molecular formula is C25H27FN4O5. The van der Waals surface area contributed by atoms with Gasteiger partial charge in [-0.05, 0) is 48.6 Å². The number of ether oxygens (including phenoxy) is 1. The number of hydrogen-bond acceptors (Lipinski definition) is 6. The molecule has 0 atom stereocenters. The van der Waals surface area contributed by atoms with Gasteiger partial charge in [-0.25, -0.2) is 4.39 Å². The van der Waals surface area contributed by atoms with Gasteiger partial charge in [0.15, 0.2) is 5.75 Å². The Hall–Kier alpha value is -3.79. The van der Waals surface area contributed by atoms with Crippen molar-refractivity contribution in [1.29, 1.82) is 0 Å². The second-order valence-corrected chi connectivity index (χ2v) is 8.47. The molecule has 9 nitrogen and oxygen atoms in total. The predicted molar refractivity (Wildman–Crippen MR) is 127 cm³/mol. The fraction of sp³-hybridized carbons (Fsp3) is 0.360. The van der Waals surface area contributed by atoms with Crippen molar-refractivity contribution in [2.75, 3.05) is 33.4 Å². The molecule has 0 aliphatic carbocycles. The lowest BCUT2D eigenvalue weighted by molar-refractivity contribution is -0.130. The molecule has 0 bridgehead atoms. The lowest BCUT2D eigenvalue weighted by atomic mass is 10.1. The maximum Gasteiger partial charge on any atom is 0.268 e. The highest BCUT2D eigenvalue weighted by Crippen LogP contribution is 2.26. The molecule has 1 fully saturated rings. The Morgan fingerprint density at radius 2 is 1.89 bits per heavy atom. The third-order valence-electron chi connectivity index (χ3n) is 6.03. The number of carbonyl (C=O) groups is 2. The fourth-order valence-corrected chi connectivity index (χ4v) is 4.20. The number of benzene rings is 1. The summed E-state index contributed by atoms with van der Waals surface area (Å²) in [7, 11) is 1.48. The van der Waals surface area contributed by atoms with Gasteiger partial charge < -0.3 is 20.1 Å². The van der Waals surface area contributed by atoms with Crippen molar-refractivity contribution in [3.63, 3.8) is 0 Å². The number of nitrogens with one attached hydrogen (secondary N) is 1. The van der Waals surface area contributed by atoms with Crippen LogP contribution in [0.1, 0.15) is 34.3 Å². The molecule has 184 valence electrons. The number of aromatic hydroxyl groups is 1. The van der Waals surface area contributed by atoms with Crippen molar-refractivity contribution in [3.05, 3.63) is 69.4 Å². The summed E-state index contributed by atoms with van der Waals surface area (Å²) in [4.78, 5) is 45.1. The molecule has 35 heavy (non-hydrogen) atoms. The molecule has 10 heteroatoms. The van der Waals surface area contributed by atoms with Crippen molar-refractivity contribution >= 4 is 22.8 Å². The zero-order valence-electron chi connectivity index (χ0n) is 19.4. The van der Waals surface area contributed by atoms with Crippen molar-refractivity contribution in [2.24, 2.45) is 0 Å². The van der Waals surface area contributed by atoms with E-state index in [1.807, 2.05) is 0 Å². The minimum absolute atomic E-state index is 0.0403. The number of methoxy groups -OCH3 is 1. The molecule has 3 aromatic rings. The number of pyridine rings is 2. The maximum absolute atomic E-state index is 13.4. The van der Waals surface area contributed by atoms with Gasteiger partial charge in [-0.15, -0.1) is 0 Å². The van der Waals surface area contributed by atoms with Crippen LogP contribution in [0.25, 0.3) is 11.0 Å². The van der Waals surface area contributed by atoms with Crippen molar-refractivity contribution in [1.82, 2.24) is 19.8 Å². The first-order valence-corrected chi connectivity index (χ1v) is 11.4. The molecule has 2 aromatic heterocycles. The van der Waals surface area contributed by atoms with E-state index >= 15 is 0 Å². The van der Waals surface area contributed by atoms with Crippen LogP contribution in [0.5, 0.6) is 5.75 Å². The van der Waals surface area contributed by atoms with Crippen LogP contribution in [-0.4, -0.2) is 64.7 Å². The van der Waals surface area contributed by atoms with E-state index in [1.165, 1.54) is 30.0 Å². The van der Waals surface area contributed by atoms with E-state index in [0.717, 1.165) is 18.4 Å². The number of amides is 2. The number of hydrogen-bond donors (Lipinski definition) is 2. The van der Waals surface area contributed by atoms with Gasteiger partial charge in [-0.2, -0.15) is 0 Å². The minimum atomic E-state index is -0.779. The standard InChI is InChI=1S/C25H27FN4O5/c1-35-11-8-27-24(33)21-23(32)22-19(30(25(21)34)15-20(31)29-9-2-3-10-29)13-17(14-28-22)12-16-4-6-18(26)7-5-16/h4-7,13-14,32H,2-3,8-12,15H2,1H3,(H,27,33). The summed E-state index contributed by atoms with van der Waals surface area (Å²) in [5.74, 6) is -1.91. The van der Waals surface area contributed by atoms with Gasteiger partial charge in [-0.3, -0.25) is 23.9 Å². The Kier molecular flexibility index (Phi) is 7.40. The number of likely N-dealkylation sites (tertiary alicyclic amines) is 1. The lowest BCUT2D eigenvalue weighted by Crippen LogP contribution is -2.38. The molecule has 0 unspecified atom stereocenters. The van der Waals surface area contributed by atoms with Crippen molar-refractivity contribution in [2.45, 2.75) is 25.8 Å². The number of fused-ring (bicyclic) bond motifs is 1. The first-order valence-electron chi connectivity index (χ1n) is 11.4. The highest BCUT2D eigenvalue weighted by Gasteiger charge is 2.26. The van der Waals surface area contributed by atoms with E-state index in [-0.39, 0.29) is 42.5 Å². The topological polar surface area (TPSA) is 114 Å². The summed E-state index contributed by atoms with van der Waals surface area (Å²) in [5, 5.41) is 13.4. The number of nitrogens with zero attached hydrogens (tertiary/aromatic N) is 3. The van der Waals surface area contributed by atoms with Crippen LogP contribution >= 0.6 is 0 Å². The first kappa shape index (κ1) is 24.3. The average molecular weight is 483 g/mol. The summed E-state index contributed by atoms with van der Waals surface area (Å²) < 4.78 is 19.4. The van der Waals surface area contributed by atoms with Crippen LogP contribution in [0.2, 0.25) is 0 Å².